The summed E-state index contributed by atoms with van der Waals surface area (Å²) in [5.41, 5.74) is 7.10. The number of nitrogens with zero attached hydrogens (tertiary/aromatic N) is 1. The third-order valence-electron chi connectivity index (χ3n) is 4.79. The molecule has 1 aliphatic rings. The van der Waals surface area contributed by atoms with Gasteiger partial charge in [0.15, 0.2) is 0 Å². The Morgan fingerprint density at radius 3 is 2.50 bits per heavy atom. The van der Waals surface area contributed by atoms with Gasteiger partial charge < -0.3 is 20.7 Å². The normalized spacial score (nSPS) is 16.5. The number of phenolic OH excluding ortho intramolecular Hbond substituents is 1. The number of amides is 1. The molecule has 1 aromatic carbocycles. The van der Waals surface area contributed by atoms with Crippen molar-refractivity contribution in [1.29, 1.82) is 0 Å². The lowest BCUT2D eigenvalue weighted by Crippen LogP contribution is -2.41. The molecule has 3 rings (SSSR count). The van der Waals surface area contributed by atoms with E-state index in [0.717, 1.165) is 0 Å². The van der Waals surface area contributed by atoms with E-state index in [9.17, 15) is 14.7 Å². The van der Waals surface area contributed by atoms with Gasteiger partial charge >= 0.3 is 0 Å². The summed E-state index contributed by atoms with van der Waals surface area (Å²) < 4.78 is 0. The fourth-order valence-electron chi connectivity index (χ4n) is 3.26. The number of nitrogens with two attached hydrogens (primary N) is 1. The van der Waals surface area contributed by atoms with E-state index in [1.54, 1.807) is 11.0 Å². The minimum Gasteiger partial charge on any atom is -0.508 e. The number of aromatic hydroxyl groups is 1. The van der Waals surface area contributed by atoms with Gasteiger partial charge in [0, 0.05) is 43.0 Å². The van der Waals surface area contributed by atoms with Crippen molar-refractivity contribution in [3.63, 3.8) is 0 Å². The topological polar surface area (TPSA) is 99.4 Å². The molecule has 0 saturated carbocycles. The number of hydrogen-bond donors (Lipinski definition) is 3. The largest absolute Gasteiger partial charge is 0.508 e. The Balaban J connectivity index is 1.66. The second kappa shape index (κ2) is 7.70. The first-order valence-electron chi connectivity index (χ1n) is 8.28. The average molecular weight is 396 g/mol. The second-order valence-electron chi connectivity index (χ2n) is 6.42. The molecule has 0 radical (unpaired) electrons. The van der Waals surface area contributed by atoms with Crippen molar-refractivity contribution in [2.75, 3.05) is 13.1 Å². The summed E-state index contributed by atoms with van der Waals surface area (Å²) in [4.78, 5) is 27.9. The summed E-state index contributed by atoms with van der Waals surface area (Å²) in [5, 5.41) is 10.7. The van der Waals surface area contributed by atoms with Crippen molar-refractivity contribution in [1.82, 2.24) is 9.88 Å². The summed E-state index contributed by atoms with van der Waals surface area (Å²) in [6.45, 7) is 1.11. The van der Waals surface area contributed by atoms with Gasteiger partial charge in [0.25, 0.3) is 5.91 Å². The van der Waals surface area contributed by atoms with E-state index in [-0.39, 0.29) is 28.2 Å². The van der Waals surface area contributed by atoms with Crippen LogP contribution in [0.15, 0.2) is 35.3 Å². The molecule has 6 nitrogen and oxygen atoms in total. The van der Waals surface area contributed by atoms with Crippen LogP contribution in [0.25, 0.3) is 0 Å². The van der Waals surface area contributed by atoms with Crippen molar-refractivity contribution in [3.05, 3.63) is 62.0 Å². The molecule has 1 aliphatic heterocycles. The molecule has 138 valence electrons. The first-order valence-corrected chi connectivity index (χ1v) is 9.04. The van der Waals surface area contributed by atoms with Gasteiger partial charge in [-0.25, -0.2) is 0 Å². The Labute approximate surface area is 160 Å². The molecule has 0 bridgehead atoms. The fraction of sp³-hybridized carbons (Fsp3) is 0.333. The van der Waals surface area contributed by atoms with Gasteiger partial charge in [-0.3, -0.25) is 9.59 Å². The van der Waals surface area contributed by atoms with Gasteiger partial charge in [-0.05, 0) is 30.9 Å². The van der Waals surface area contributed by atoms with Gasteiger partial charge in [-0.1, -0.05) is 23.2 Å². The number of rotatable bonds is 3. The monoisotopic (exact) mass is 395 g/mol. The molecule has 1 saturated heterocycles. The van der Waals surface area contributed by atoms with Crippen LogP contribution in [0.2, 0.25) is 10.0 Å². The number of piperidine rings is 1. The highest BCUT2D eigenvalue weighted by molar-refractivity contribution is 6.42. The van der Waals surface area contributed by atoms with Crippen LogP contribution in [-0.4, -0.2) is 34.0 Å². The number of halogens is 2. The van der Waals surface area contributed by atoms with Crippen LogP contribution >= 0.6 is 23.2 Å². The summed E-state index contributed by atoms with van der Waals surface area (Å²) in [5.74, 6) is 0.0158. The van der Waals surface area contributed by atoms with Gasteiger partial charge in [-0.15, -0.1) is 0 Å². The molecule has 0 spiro atoms. The smallest absolute Gasteiger partial charge is 0.255 e. The van der Waals surface area contributed by atoms with Gasteiger partial charge in [-0.2, -0.15) is 0 Å². The number of aromatic nitrogens is 1. The van der Waals surface area contributed by atoms with Crippen molar-refractivity contribution >= 4 is 29.1 Å². The first kappa shape index (κ1) is 18.8. The van der Waals surface area contributed by atoms with Crippen molar-refractivity contribution in [3.8, 4) is 5.75 Å². The maximum atomic E-state index is 12.5. The van der Waals surface area contributed by atoms with Crippen molar-refractivity contribution in [2.45, 2.75) is 18.9 Å². The van der Waals surface area contributed by atoms with Gasteiger partial charge in [0.05, 0.1) is 15.6 Å². The molecule has 1 amide bonds. The van der Waals surface area contributed by atoms with E-state index in [1.807, 2.05) is 0 Å². The molecule has 1 atom stereocenters. The highest BCUT2D eigenvalue weighted by Gasteiger charge is 2.29. The maximum Gasteiger partial charge on any atom is 0.255 e. The molecule has 1 aromatic heterocycles. The number of carbonyl (C=O) groups is 1. The predicted octanol–water partition coefficient (Wildman–Crippen LogP) is 2.94. The Hall–Kier alpha value is -2.02. The number of pyridine rings is 1. The van der Waals surface area contributed by atoms with Crippen LogP contribution in [-0.2, 0) is 0 Å². The van der Waals surface area contributed by atoms with E-state index in [1.165, 1.54) is 24.4 Å². The number of phenols is 1. The number of likely N-dealkylation sites (tertiary alicyclic amines) is 1. The zero-order valence-electron chi connectivity index (χ0n) is 13.9. The predicted molar refractivity (Wildman–Crippen MR) is 101 cm³/mol. The molecule has 8 heteroatoms. The number of benzene rings is 1. The molecule has 2 aromatic rings. The molecule has 1 fully saturated rings. The van der Waals surface area contributed by atoms with Gasteiger partial charge in [0.2, 0.25) is 5.56 Å². The van der Waals surface area contributed by atoms with E-state index in [0.29, 0.717) is 42.1 Å². The Kier molecular flexibility index (Phi) is 5.55. The Bertz CT molecular complexity index is 856. The molecule has 26 heavy (non-hydrogen) atoms. The molecular formula is C18H19Cl2N3O3. The molecule has 1 unspecified atom stereocenters. The number of nitrogens with one attached hydrogen (secondary N) is 1. The number of aromatic amines is 1. The maximum absolute atomic E-state index is 12.5. The van der Waals surface area contributed by atoms with Crippen LogP contribution in [0.3, 0.4) is 0 Å². The molecule has 0 aliphatic carbocycles. The third-order valence-corrected chi connectivity index (χ3v) is 5.52. The Morgan fingerprint density at radius 1 is 1.23 bits per heavy atom. The first-order chi connectivity index (χ1) is 12.4. The van der Waals surface area contributed by atoms with Crippen molar-refractivity contribution < 1.29 is 9.90 Å². The van der Waals surface area contributed by atoms with E-state index in [2.05, 4.69) is 4.98 Å². The van der Waals surface area contributed by atoms with Crippen molar-refractivity contribution in [2.24, 2.45) is 11.7 Å². The minimum atomic E-state index is -0.393. The molecular weight excluding hydrogens is 377 g/mol. The van der Waals surface area contributed by atoms with Crippen LogP contribution in [0.4, 0.5) is 0 Å². The SMILES string of the molecule is NC(c1cc(Cl)c(Cl)cc1O)C1CCN(C(=O)c2ccc(=O)[nH]c2)CC1. The van der Waals surface area contributed by atoms with E-state index >= 15 is 0 Å². The summed E-state index contributed by atoms with van der Waals surface area (Å²) in [6, 6.07) is 5.46. The van der Waals surface area contributed by atoms with Crippen LogP contribution in [0.5, 0.6) is 5.75 Å². The van der Waals surface area contributed by atoms with Crippen LogP contribution < -0.4 is 11.3 Å². The summed E-state index contributed by atoms with van der Waals surface area (Å²) in [6.07, 6.45) is 2.84. The second-order valence-corrected chi connectivity index (χ2v) is 7.24. The lowest BCUT2D eigenvalue weighted by atomic mass is 9.85. The van der Waals surface area contributed by atoms with Gasteiger partial charge in [0.1, 0.15) is 5.75 Å². The highest BCUT2D eigenvalue weighted by atomic mass is 35.5. The Morgan fingerprint density at radius 2 is 1.88 bits per heavy atom. The quantitative estimate of drug-likeness (QED) is 0.743. The fourth-order valence-corrected chi connectivity index (χ4v) is 3.59. The summed E-state index contributed by atoms with van der Waals surface area (Å²) in [7, 11) is 0. The van der Waals surface area contributed by atoms with E-state index in [4.69, 9.17) is 28.9 Å². The number of hydrogen-bond acceptors (Lipinski definition) is 4. The third kappa shape index (κ3) is 3.87. The van der Waals surface area contributed by atoms with Crippen LogP contribution in [0, 0.1) is 5.92 Å². The summed E-state index contributed by atoms with van der Waals surface area (Å²) >= 11 is 11.9. The standard InChI is InChI=1S/C18H19Cl2N3O3/c19-13-7-12(15(24)8-14(13)20)17(21)10-3-5-23(6-4-10)18(26)11-1-2-16(25)22-9-11/h1-2,7-10,17,24H,3-6,21H2,(H,22,25). The zero-order chi connectivity index (χ0) is 18.8. The molecule has 4 N–H and O–H groups in total. The van der Waals surface area contributed by atoms with E-state index < -0.39 is 6.04 Å². The lowest BCUT2D eigenvalue weighted by Gasteiger charge is -2.35. The number of carbonyl (C=O) groups excluding carboxylic acids is 1. The average Bonchev–Trinajstić information content (AvgIpc) is 2.64. The number of H-pyrrole nitrogens is 1. The van der Waals surface area contributed by atoms with Crippen LogP contribution in [0.1, 0.15) is 34.8 Å². The lowest BCUT2D eigenvalue weighted by molar-refractivity contribution is 0.0677. The highest BCUT2D eigenvalue weighted by Crippen LogP contribution is 2.37. The zero-order valence-corrected chi connectivity index (χ0v) is 15.4. The minimum absolute atomic E-state index is 0.0265. The molecule has 2 heterocycles.